The van der Waals surface area contributed by atoms with E-state index in [-0.39, 0.29) is 17.5 Å². The molecule has 1 amide bonds. The summed E-state index contributed by atoms with van der Waals surface area (Å²) in [6, 6.07) is 28.2. The number of hydrogen-bond acceptors (Lipinski definition) is 4. The highest BCUT2D eigenvalue weighted by Gasteiger charge is 2.70. The first-order valence-electron chi connectivity index (χ1n) is 14.7. The average molecular weight is 587 g/mol. The summed E-state index contributed by atoms with van der Waals surface area (Å²) in [6.07, 6.45) is 4.81. The van der Waals surface area contributed by atoms with E-state index >= 15 is 0 Å². The Balaban J connectivity index is 1.49. The molecule has 1 spiro atoms. The van der Waals surface area contributed by atoms with Gasteiger partial charge in [0.1, 0.15) is 11.5 Å². The molecular weight excluding hydrogens is 556 g/mol. The third-order valence-electron chi connectivity index (χ3n) is 9.09. The Morgan fingerprint density at radius 2 is 1.58 bits per heavy atom. The van der Waals surface area contributed by atoms with Crippen LogP contribution in [0.1, 0.15) is 51.3 Å². The van der Waals surface area contributed by atoms with Crippen LogP contribution in [0.4, 0.5) is 11.4 Å². The molecule has 0 aromatic heterocycles. The Kier molecular flexibility index (Phi) is 6.59. The molecule has 1 N–H and O–H groups in total. The van der Waals surface area contributed by atoms with Crippen LogP contribution in [-0.2, 0) is 16.6 Å². The maximum absolute atomic E-state index is 14.9. The summed E-state index contributed by atoms with van der Waals surface area (Å²) >= 11 is 6.39. The van der Waals surface area contributed by atoms with Gasteiger partial charge in [-0.25, -0.2) is 0 Å². The smallest absolute Gasteiger partial charge is 0.238 e. The summed E-state index contributed by atoms with van der Waals surface area (Å²) in [4.78, 5) is 46.1. The molecule has 3 aliphatic heterocycles. The Morgan fingerprint density at radius 1 is 0.884 bits per heavy atom. The van der Waals surface area contributed by atoms with Gasteiger partial charge < -0.3 is 10.2 Å². The molecule has 5 nitrogen and oxygen atoms in total. The van der Waals surface area contributed by atoms with E-state index in [0.29, 0.717) is 27.8 Å². The Morgan fingerprint density at radius 3 is 2.33 bits per heavy atom. The second kappa shape index (κ2) is 10.4. The number of Topliss-reactive ketones (excluding diaryl/α,β-unsaturated/α-hetero) is 2. The number of anilines is 2. The third-order valence-corrected chi connectivity index (χ3v) is 9.32. The van der Waals surface area contributed by atoms with Gasteiger partial charge in [0.25, 0.3) is 0 Å². The highest BCUT2D eigenvalue weighted by molar-refractivity contribution is 6.31. The molecule has 3 heterocycles. The number of fused-ring (bicyclic) bond motifs is 6. The zero-order valence-corrected chi connectivity index (χ0v) is 24.7. The summed E-state index contributed by atoms with van der Waals surface area (Å²) in [5.41, 5.74) is 3.78. The molecule has 4 aromatic rings. The average Bonchev–Trinajstić information content (AvgIpc) is 3.49. The molecule has 1 fully saturated rings. The van der Waals surface area contributed by atoms with Crippen LogP contribution in [0.5, 0.6) is 0 Å². The van der Waals surface area contributed by atoms with Crippen molar-refractivity contribution in [3.63, 3.8) is 0 Å². The van der Waals surface area contributed by atoms with Crippen molar-refractivity contribution in [3.8, 4) is 0 Å². The minimum atomic E-state index is -1.34. The molecule has 0 bridgehead atoms. The number of hydrogen-bond donors (Lipinski definition) is 1. The van der Waals surface area contributed by atoms with Crippen molar-refractivity contribution in [1.29, 1.82) is 0 Å². The van der Waals surface area contributed by atoms with Crippen molar-refractivity contribution in [2.75, 3.05) is 10.2 Å². The molecule has 0 radical (unpaired) electrons. The van der Waals surface area contributed by atoms with Crippen molar-refractivity contribution in [2.24, 2.45) is 11.8 Å². The van der Waals surface area contributed by atoms with Crippen molar-refractivity contribution >= 4 is 46.5 Å². The van der Waals surface area contributed by atoms with Gasteiger partial charge in [-0.1, -0.05) is 110 Å². The first-order valence-corrected chi connectivity index (χ1v) is 15.1. The number of halogens is 1. The molecule has 0 saturated carbocycles. The summed E-state index contributed by atoms with van der Waals surface area (Å²) in [5, 5.41) is 3.65. The number of benzene rings is 4. The van der Waals surface area contributed by atoms with Gasteiger partial charge in [0.2, 0.25) is 5.91 Å². The van der Waals surface area contributed by atoms with Crippen LogP contribution in [-0.4, -0.2) is 29.6 Å². The zero-order valence-electron chi connectivity index (χ0n) is 24.0. The van der Waals surface area contributed by atoms with Gasteiger partial charge >= 0.3 is 0 Å². The third kappa shape index (κ3) is 4.17. The molecule has 0 unspecified atom stereocenters. The van der Waals surface area contributed by atoms with Gasteiger partial charge in [-0.15, -0.1) is 0 Å². The van der Waals surface area contributed by atoms with Gasteiger partial charge in [-0.05, 0) is 53.3 Å². The lowest BCUT2D eigenvalue weighted by atomic mass is 9.64. The zero-order chi connectivity index (χ0) is 29.9. The Bertz CT molecular complexity index is 1800. The number of nitrogens with zero attached hydrogens (tertiary/aromatic N) is 1. The van der Waals surface area contributed by atoms with Gasteiger partial charge in [0, 0.05) is 27.5 Å². The van der Waals surface area contributed by atoms with Crippen LogP contribution in [0.3, 0.4) is 0 Å². The minimum Gasteiger partial charge on any atom is -0.352 e. The van der Waals surface area contributed by atoms with Crippen molar-refractivity contribution in [2.45, 2.75) is 37.8 Å². The number of nitrogens with one attached hydrogen (secondary N) is 1. The maximum Gasteiger partial charge on any atom is 0.238 e. The van der Waals surface area contributed by atoms with E-state index in [4.69, 9.17) is 11.6 Å². The number of ketones is 2. The van der Waals surface area contributed by atoms with E-state index in [9.17, 15) is 14.4 Å². The molecule has 0 aliphatic carbocycles. The van der Waals surface area contributed by atoms with Crippen LogP contribution in [0.15, 0.2) is 103 Å². The first kappa shape index (κ1) is 27.4. The number of rotatable bonds is 6. The van der Waals surface area contributed by atoms with E-state index in [1.54, 1.807) is 18.2 Å². The second-order valence-electron chi connectivity index (χ2n) is 12.1. The molecule has 4 aromatic carbocycles. The monoisotopic (exact) mass is 586 g/mol. The Hall–Kier alpha value is -4.48. The highest BCUT2D eigenvalue weighted by Crippen LogP contribution is 2.58. The lowest BCUT2D eigenvalue weighted by molar-refractivity contribution is -0.121. The van der Waals surface area contributed by atoms with Crippen molar-refractivity contribution in [3.05, 3.63) is 136 Å². The van der Waals surface area contributed by atoms with Gasteiger partial charge in [-0.2, -0.15) is 0 Å². The van der Waals surface area contributed by atoms with E-state index in [1.165, 1.54) is 0 Å². The summed E-state index contributed by atoms with van der Waals surface area (Å²) < 4.78 is 0. The van der Waals surface area contributed by atoms with Crippen LogP contribution >= 0.6 is 11.6 Å². The van der Waals surface area contributed by atoms with Gasteiger partial charge in [0.15, 0.2) is 11.6 Å². The van der Waals surface area contributed by atoms with Crippen LogP contribution in [0.2, 0.25) is 5.02 Å². The van der Waals surface area contributed by atoms with Gasteiger partial charge in [-0.3, -0.25) is 14.4 Å². The fourth-order valence-electron chi connectivity index (χ4n) is 7.38. The van der Waals surface area contributed by atoms with Gasteiger partial charge in [0.05, 0.1) is 12.0 Å². The van der Waals surface area contributed by atoms with Crippen LogP contribution in [0.25, 0.3) is 6.08 Å². The van der Waals surface area contributed by atoms with Crippen molar-refractivity contribution < 1.29 is 14.4 Å². The molecule has 3 aliphatic rings. The molecule has 43 heavy (non-hydrogen) atoms. The standard InChI is InChI=1S/C37H31ClN2O3/c1-22(2)20-23-12-14-25(15-13-23)34(41)32-33(35(42)24-8-4-3-5-9-24)40-30-18-17-27(38)21-26(30)16-19-31(40)37(32)28-10-6-7-11-29(28)39-36(37)43/h3-19,21-22,31-33H,20H2,1-2H3,(H,39,43)/t31-,32+,33-,37+/m1/s1. The lowest BCUT2D eigenvalue weighted by Crippen LogP contribution is -2.51. The summed E-state index contributed by atoms with van der Waals surface area (Å²) in [5.74, 6) is -1.23. The lowest BCUT2D eigenvalue weighted by Gasteiger charge is -2.37. The first-order chi connectivity index (χ1) is 20.8. The van der Waals surface area contributed by atoms with E-state index in [1.807, 2.05) is 95.9 Å². The molecule has 214 valence electrons. The predicted octanol–water partition coefficient (Wildman–Crippen LogP) is 7.39. The maximum atomic E-state index is 14.9. The predicted molar refractivity (Wildman–Crippen MR) is 171 cm³/mol. The van der Waals surface area contributed by atoms with E-state index < -0.39 is 23.4 Å². The van der Waals surface area contributed by atoms with E-state index in [2.05, 4.69) is 19.2 Å². The number of carbonyl (C=O) groups excluding carboxylic acids is 3. The number of carbonyl (C=O) groups is 3. The van der Waals surface area contributed by atoms with Crippen LogP contribution in [0, 0.1) is 11.8 Å². The SMILES string of the molecule is CC(C)Cc1ccc(C(=O)[C@@H]2[C@H](C(=O)c3ccccc3)N3c4ccc(Cl)cc4C=C[C@@H]3[C@]23C(=O)Nc2ccccc23)cc1. The summed E-state index contributed by atoms with van der Waals surface area (Å²) in [7, 11) is 0. The normalized spacial score (nSPS) is 23.2. The fourth-order valence-corrected chi connectivity index (χ4v) is 7.56. The van der Waals surface area contributed by atoms with E-state index in [0.717, 1.165) is 28.8 Å². The Labute approximate surface area is 256 Å². The second-order valence-corrected chi connectivity index (χ2v) is 12.5. The fraction of sp³-hybridized carbons (Fsp3) is 0.216. The molecule has 1 saturated heterocycles. The number of para-hydroxylation sites is 1. The topological polar surface area (TPSA) is 66.5 Å². The largest absolute Gasteiger partial charge is 0.352 e. The highest BCUT2D eigenvalue weighted by atomic mass is 35.5. The molecule has 7 rings (SSSR count). The molecule has 4 atom stereocenters. The number of amides is 1. The molecule has 6 heteroatoms. The quantitative estimate of drug-likeness (QED) is 0.239. The van der Waals surface area contributed by atoms with Crippen molar-refractivity contribution in [1.82, 2.24) is 0 Å². The summed E-state index contributed by atoms with van der Waals surface area (Å²) in [6.45, 7) is 4.32. The minimum absolute atomic E-state index is 0.203. The molecular formula is C37H31ClN2O3. The van der Waals surface area contributed by atoms with Crippen LogP contribution < -0.4 is 10.2 Å².